The summed E-state index contributed by atoms with van der Waals surface area (Å²) in [5.41, 5.74) is 1.20. The first-order valence-electron chi connectivity index (χ1n) is 6.70. The third-order valence-corrected chi connectivity index (χ3v) is 2.83. The minimum atomic E-state index is -0.298. The summed E-state index contributed by atoms with van der Waals surface area (Å²) in [6, 6.07) is 8.31. The zero-order chi connectivity index (χ0) is 14.8. The second kappa shape index (κ2) is 5.57. The standard InChI is InChI=1S/C16H19FN2O/c1-16(2,3)19-15(20)9-8-13-7-5-11-4-6-12(17)10-14(11)18-13/h4-7,10H,8-9H2,1-3H3,(H,19,20). The average molecular weight is 274 g/mol. The van der Waals surface area contributed by atoms with Crippen LogP contribution in [0.3, 0.4) is 0 Å². The van der Waals surface area contributed by atoms with Crippen molar-refractivity contribution in [2.75, 3.05) is 0 Å². The van der Waals surface area contributed by atoms with E-state index in [1.807, 2.05) is 32.9 Å². The molecule has 2 rings (SSSR count). The van der Waals surface area contributed by atoms with E-state index in [2.05, 4.69) is 10.3 Å². The first-order valence-corrected chi connectivity index (χ1v) is 6.70. The minimum Gasteiger partial charge on any atom is -0.351 e. The van der Waals surface area contributed by atoms with Gasteiger partial charge in [0.25, 0.3) is 0 Å². The van der Waals surface area contributed by atoms with Crippen molar-refractivity contribution in [3.05, 3.63) is 41.8 Å². The van der Waals surface area contributed by atoms with E-state index in [9.17, 15) is 9.18 Å². The summed E-state index contributed by atoms with van der Waals surface area (Å²) in [5.74, 6) is -0.300. The molecule has 0 aliphatic rings. The van der Waals surface area contributed by atoms with Crippen LogP contribution in [0.1, 0.15) is 32.9 Å². The summed E-state index contributed by atoms with van der Waals surface area (Å²) in [6.45, 7) is 5.84. The molecule has 1 aromatic heterocycles. The lowest BCUT2D eigenvalue weighted by Crippen LogP contribution is -2.40. The number of pyridine rings is 1. The van der Waals surface area contributed by atoms with Gasteiger partial charge in [-0.3, -0.25) is 9.78 Å². The number of aryl methyl sites for hydroxylation is 1. The second-order valence-electron chi connectivity index (χ2n) is 5.94. The van der Waals surface area contributed by atoms with E-state index in [4.69, 9.17) is 0 Å². The van der Waals surface area contributed by atoms with Gasteiger partial charge in [0.15, 0.2) is 0 Å². The molecule has 0 bridgehead atoms. The molecule has 20 heavy (non-hydrogen) atoms. The largest absolute Gasteiger partial charge is 0.351 e. The Hall–Kier alpha value is -1.97. The monoisotopic (exact) mass is 274 g/mol. The highest BCUT2D eigenvalue weighted by Gasteiger charge is 2.13. The first kappa shape index (κ1) is 14.4. The molecule has 1 amide bonds. The Bertz CT molecular complexity index is 632. The van der Waals surface area contributed by atoms with E-state index in [0.29, 0.717) is 18.4 Å². The molecule has 106 valence electrons. The number of benzene rings is 1. The Labute approximate surface area is 118 Å². The molecular formula is C16H19FN2O. The van der Waals surface area contributed by atoms with E-state index in [0.717, 1.165) is 11.1 Å². The zero-order valence-corrected chi connectivity index (χ0v) is 12.0. The molecule has 0 radical (unpaired) electrons. The van der Waals surface area contributed by atoms with Gasteiger partial charge >= 0.3 is 0 Å². The van der Waals surface area contributed by atoms with Crippen LogP contribution in [0.5, 0.6) is 0 Å². The van der Waals surface area contributed by atoms with Crippen molar-refractivity contribution >= 4 is 16.8 Å². The molecule has 1 heterocycles. The average Bonchev–Trinajstić information content (AvgIpc) is 2.33. The van der Waals surface area contributed by atoms with Crippen molar-refractivity contribution in [2.45, 2.75) is 39.2 Å². The number of aromatic nitrogens is 1. The lowest BCUT2D eigenvalue weighted by molar-refractivity contribution is -0.122. The van der Waals surface area contributed by atoms with Gasteiger partial charge in [0.05, 0.1) is 5.52 Å². The summed E-state index contributed by atoms with van der Waals surface area (Å²) in [7, 11) is 0. The highest BCUT2D eigenvalue weighted by atomic mass is 19.1. The molecule has 1 N–H and O–H groups in total. The minimum absolute atomic E-state index is 0.00126. The van der Waals surface area contributed by atoms with Crippen molar-refractivity contribution in [3.63, 3.8) is 0 Å². The van der Waals surface area contributed by atoms with Crippen LogP contribution in [0.15, 0.2) is 30.3 Å². The van der Waals surface area contributed by atoms with Gasteiger partial charge in [-0.2, -0.15) is 0 Å². The molecule has 0 fully saturated rings. The Morgan fingerprint density at radius 3 is 2.65 bits per heavy atom. The molecule has 0 aliphatic heterocycles. The number of hydrogen-bond donors (Lipinski definition) is 1. The van der Waals surface area contributed by atoms with Crippen LogP contribution in [0, 0.1) is 5.82 Å². The predicted molar refractivity (Wildman–Crippen MR) is 77.9 cm³/mol. The quantitative estimate of drug-likeness (QED) is 0.933. The van der Waals surface area contributed by atoms with Gasteiger partial charge < -0.3 is 5.32 Å². The third-order valence-electron chi connectivity index (χ3n) is 2.83. The fraction of sp³-hybridized carbons (Fsp3) is 0.375. The smallest absolute Gasteiger partial charge is 0.220 e. The molecule has 0 saturated heterocycles. The molecule has 0 atom stereocenters. The van der Waals surface area contributed by atoms with Crippen molar-refractivity contribution in [1.82, 2.24) is 10.3 Å². The number of halogens is 1. The molecule has 1 aromatic carbocycles. The molecule has 0 unspecified atom stereocenters. The van der Waals surface area contributed by atoms with Crippen LogP contribution in [0.25, 0.3) is 10.9 Å². The maximum absolute atomic E-state index is 13.2. The first-order chi connectivity index (χ1) is 9.33. The van der Waals surface area contributed by atoms with Crippen LogP contribution >= 0.6 is 0 Å². The maximum atomic E-state index is 13.2. The number of rotatable bonds is 3. The van der Waals surface area contributed by atoms with Gasteiger partial charge in [0, 0.05) is 29.1 Å². The fourth-order valence-corrected chi connectivity index (χ4v) is 1.99. The van der Waals surface area contributed by atoms with Crippen molar-refractivity contribution in [3.8, 4) is 0 Å². The number of carbonyl (C=O) groups is 1. The summed E-state index contributed by atoms with van der Waals surface area (Å²) in [5, 5.41) is 3.81. The van der Waals surface area contributed by atoms with Crippen molar-refractivity contribution in [1.29, 1.82) is 0 Å². The van der Waals surface area contributed by atoms with Gasteiger partial charge in [-0.05, 0) is 45.4 Å². The van der Waals surface area contributed by atoms with Crippen LogP contribution in [0.2, 0.25) is 0 Å². The van der Waals surface area contributed by atoms with Crippen LogP contribution in [0.4, 0.5) is 4.39 Å². The molecular weight excluding hydrogens is 255 g/mol. The van der Waals surface area contributed by atoms with Gasteiger partial charge in [-0.25, -0.2) is 4.39 Å². The third kappa shape index (κ3) is 4.02. The van der Waals surface area contributed by atoms with Crippen molar-refractivity contribution < 1.29 is 9.18 Å². The highest BCUT2D eigenvalue weighted by Crippen LogP contribution is 2.15. The Morgan fingerprint density at radius 1 is 1.25 bits per heavy atom. The molecule has 0 spiro atoms. The van der Waals surface area contributed by atoms with Gasteiger partial charge in [0.1, 0.15) is 5.82 Å². The van der Waals surface area contributed by atoms with Gasteiger partial charge in [-0.15, -0.1) is 0 Å². The summed E-state index contributed by atoms with van der Waals surface area (Å²) in [4.78, 5) is 16.1. The van der Waals surface area contributed by atoms with Crippen LogP contribution < -0.4 is 5.32 Å². The lowest BCUT2D eigenvalue weighted by Gasteiger charge is -2.20. The molecule has 0 aliphatic carbocycles. The number of nitrogens with one attached hydrogen (secondary N) is 1. The molecule has 0 saturated carbocycles. The molecule has 4 heteroatoms. The second-order valence-corrected chi connectivity index (χ2v) is 5.94. The maximum Gasteiger partial charge on any atom is 0.220 e. The number of amides is 1. The SMILES string of the molecule is CC(C)(C)NC(=O)CCc1ccc2ccc(F)cc2n1. The topological polar surface area (TPSA) is 42.0 Å². The fourth-order valence-electron chi connectivity index (χ4n) is 1.99. The zero-order valence-electron chi connectivity index (χ0n) is 12.0. The van der Waals surface area contributed by atoms with Gasteiger partial charge in [0.2, 0.25) is 5.91 Å². The number of nitrogens with zero attached hydrogens (tertiary/aromatic N) is 1. The lowest BCUT2D eigenvalue weighted by atomic mass is 10.1. The number of hydrogen-bond acceptors (Lipinski definition) is 2. The Balaban J connectivity index is 2.05. The molecule has 2 aromatic rings. The summed E-state index contributed by atoms with van der Waals surface area (Å²) in [6.07, 6.45) is 0.930. The van der Waals surface area contributed by atoms with Gasteiger partial charge in [-0.1, -0.05) is 6.07 Å². The normalized spacial score (nSPS) is 11.6. The predicted octanol–water partition coefficient (Wildman–Crippen LogP) is 3.22. The Kier molecular flexibility index (Phi) is 4.02. The summed E-state index contributed by atoms with van der Waals surface area (Å²) >= 11 is 0. The van der Waals surface area contributed by atoms with E-state index in [1.54, 1.807) is 6.07 Å². The highest BCUT2D eigenvalue weighted by molar-refractivity contribution is 5.79. The number of fused-ring (bicyclic) bond motifs is 1. The number of carbonyl (C=O) groups excluding carboxylic acids is 1. The van der Waals surface area contributed by atoms with Crippen molar-refractivity contribution in [2.24, 2.45) is 0 Å². The van der Waals surface area contributed by atoms with E-state index < -0.39 is 0 Å². The van der Waals surface area contributed by atoms with E-state index >= 15 is 0 Å². The summed E-state index contributed by atoms with van der Waals surface area (Å²) < 4.78 is 13.2. The molecule has 3 nitrogen and oxygen atoms in total. The van der Waals surface area contributed by atoms with Crippen LogP contribution in [-0.4, -0.2) is 16.4 Å². The van der Waals surface area contributed by atoms with E-state index in [-0.39, 0.29) is 17.3 Å². The Morgan fingerprint density at radius 2 is 1.95 bits per heavy atom. The van der Waals surface area contributed by atoms with E-state index in [1.165, 1.54) is 12.1 Å². The van der Waals surface area contributed by atoms with Crippen LogP contribution in [-0.2, 0) is 11.2 Å².